The average molecular weight is 289 g/mol. The van der Waals surface area contributed by atoms with Crippen molar-refractivity contribution >= 4 is 5.65 Å². The van der Waals surface area contributed by atoms with E-state index in [1.807, 2.05) is 12.1 Å². The Bertz CT molecular complexity index is 799. The Balaban J connectivity index is 2.28. The van der Waals surface area contributed by atoms with Gasteiger partial charge in [0.15, 0.2) is 5.65 Å². The van der Waals surface area contributed by atoms with E-state index in [2.05, 4.69) is 10.1 Å². The van der Waals surface area contributed by atoms with Crippen LogP contribution in [0.3, 0.4) is 0 Å². The maximum Gasteiger partial charge on any atom is 0.280 e. The summed E-state index contributed by atoms with van der Waals surface area (Å²) in [5.41, 5.74) is 1.96. The van der Waals surface area contributed by atoms with E-state index in [9.17, 15) is 8.78 Å². The van der Waals surface area contributed by atoms with Gasteiger partial charge in [-0.3, -0.25) is 0 Å². The number of rotatable bonds is 3. The molecule has 0 unspecified atom stereocenters. The van der Waals surface area contributed by atoms with Crippen LogP contribution in [0.2, 0.25) is 0 Å². The molecule has 0 aliphatic carbocycles. The van der Waals surface area contributed by atoms with Crippen molar-refractivity contribution in [3.63, 3.8) is 0 Å². The van der Waals surface area contributed by atoms with Crippen LogP contribution in [0.5, 0.6) is 5.75 Å². The minimum atomic E-state index is -2.64. The third kappa shape index (κ3) is 2.33. The second-order valence-corrected chi connectivity index (χ2v) is 4.62. The van der Waals surface area contributed by atoms with E-state index >= 15 is 0 Å². The molecular weight excluding hydrogens is 276 g/mol. The van der Waals surface area contributed by atoms with Gasteiger partial charge in [0, 0.05) is 11.6 Å². The quantitative estimate of drug-likeness (QED) is 0.739. The van der Waals surface area contributed by atoms with Gasteiger partial charge >= 0.3 is 0 Å². The summed E-state index contributed by atoms with van der Waals surface area (Å²) >= 11 is 0. The van der Waals surface area contributed by atoms with E-state index in [0.717, 1.165) is 0 Å². The predicted octanol–water partition coefficient (Wildman–Crippen LogP) is 3.65. The van der Waals surface area contributed by atoms with E-state index in [-0.39, 0.29) is 5.69 Å². The van der Waals surface area contributed by atoms with Gasteiger partial charge in [-0.2, -0.15) is 5.10 Å². The number of aromatic nitrogens is 3. The molecule has 2 heterocycles. The zero-order chi connectivity index (χ0) is 15.0. The summed E-state index contributed by atoms with van der Waals surface area (Å²) in [6.45, 7) is 1.74. The summed E-state index contributed by atoms with van der Waals surface area (Å²) in [6.07, 6.45) is -2.64. The highest BCUT2D eigenvalue weighted by molar-refractivity contribution is 5.69. The van der Waals surface area contributed by atoms with Crippen molar-refractivity contribution in [2.24, 2.45) is 0 Å². The number of nitrogens with zero attached hydrogens (tertiary/aromatic N) is 3. The first kappa shape index (κ1) is 13.5. The van der Waals surface area contributed by atoms with Crippen molar-refractivity contribution in [1.29, 1.82) is 0 Å². The van der Waals surface area contributed by atoms with Gasteiger partial charge in [-0.1, -0.05) is 12.1 Å². The second-order valence-electron chi connectivity index (χ2n) is 4.62. The molecule has 2 aromatic heterocycles. The van der Waals surface area contributed by atoms with E-state index in [0.29, 0.717) is 28.3 Å². The van der Waals surface area contributed by atoms with Crippen LogP contribution >= 0.6 is 0 Å². The molecule has 0 radical (unpaired) electrons. The van der Waals surface area contributed by atoms with Crippen LogP contribution in [-0.4, -0.2) is 21.7 Å². The SMILES string of the molecule is COc1ccccc1-c1cc(C(F)F)n2nc(C)cc2n1. The number of hydrogen-bond donors (Lipinski definition) is 0. The third-order valence-electron chi connectivity index (χ3n) is 3.18. The largest absolute Gasteiger partial charge is 0.496 e. The molecule has 0 atom stereocenters. The maximum absolute atomic E-state index is 13.3. The zero-order valence-electron chi connectivity index (χ0n) is 11.5. The third-order valence-corrected chi connectivity index (χ3v) is 3.18. The van der Waals surface area contributed by atoms with Crippen molar-refractivity contribution in [3.05, 3.63) is 47.8 Å². The minimum absolute atomic E-state index is 0.186. The van der Waals surface area contributed by atoms with Crippen LogP contribution in [0.1, 0.15) is 17.8 Å². The van der Waals surface area contributed by atoms with Crippen molar-refractivity contribution < 1.29 is 13.5 Å². The fraction of sp³-hybridized carbons (Fsp3) is 0.200. The Hall–Kier alpha value is -2.50. The number of hydrogen-bond acceptors (Lipinski definition) is 3. The normalized spacial score (nSPS) is 11.3. The molecule has 0 bridgehead atoms. The van der Waals surface area contributed by atoms with E-state index in [1.54, 1.807) is 25.1 Å². The second kappa shape index (κ2) is 5.12. The fourth-order valence-electron chi connectivity index (χ4n) is 2.26. The van der Waals surface area contributed by atoms with E-state index in [4.69, 9.17) is 4.74 Å². The van der Waals surface area contributed by atoms with E-state index < -0.39 is 6.43 Å². The van der Waals surface area contributed by atoms with Crippen molar-refractivity contribution in [2.45, 2.75) is 13.3 Å². The first-order valence-corrected chi connectivity index (χ1v) is 6.39. The first-order chi connectivity index (χ1) is 10.1. The first-order valence-electron chi connectivity index (χ1n) is 6.39. The summed E-state index contributed by atoms with van der Waals surface area (Å²) < 4.78 is 33.0. The Labute approximate surface area is 120 Å². The number of methoxy groups -OCH3 is 1. The number of fused-ring (bicyclic) bond motifs is 1. The molecule has 0 aliphatic rings. The number of alkyl halides is 2. The summed E-state index contributed by atoms with van der Waals surface area (Å²) in [5, 5.41) is 4.05. The highest BCUT2D eigenvalue weighted by Crippen LogP contribution is 2.31. The van der Waals surface area contributed by atoms with Gasteiger partial charge < -0.3 is 4.74 Å². The molecule has 6 heteroatoms. The van der Waals surface area contributed by atoms with Crippen molar-refractivity contribution in [1.82, 2.24) is 14.6 Å². The Morgan fingerprint density at radius 3 is 2.67 bits per heavy atom. The topological polar surface area (TPSA) is 39.4 Å². The fourth-order valence-corrected chi connectivity index (χ4v) is 2.26. The van der Waals surface area contributed by atoms with Crippen LogP contribution in [0.4, 0.5) is 8.78 Å². The number of aryl methyl sites for hydroxylation is 1. The van der Waals surface area contributed by atoms with Gasteiger partial charge in [-0.05, 0) is 25.1 Å². The molecule has 3 rings (SSSR count). The van der Waals surface area contributed by atoms with Gasteiger partial charge in [0.1, 0.15) is 11.4 Å². The molecule has 0 saturated carbocycles. The minimum Gasteiger partial charge on any atom is -0.496 e. The monoisotopic (exact) mass is 289 g/mol. The molecule has 0 amide bonds. The van der Waals surface area contributed by atoms with Crippen LogP contribution in [-0.2, 0) is 0 Å². The highest BCUT2D eigenvalue weighted by atomic mass is 19.3. The van der Waals surface area contributed by atoms with Gasteiger partial charge in [0.05, 0.1) is 18.5 Å². The smallest absolute Gasteiger partial charge is 0.280 e. The lowest BCUT2D eigenvalue weighted by Crippen LogP contribution is -2.03. The molecule has 0 spiro atoms. The Morgan fingerprint density at radius 1 is 1.19 bits per heavy atom. The van der Waals surface area contributed by atoms with Gasteiger partial charge in [-0.25, -0.2) is 18.3 Å². The van der Waals surface area contributed by atoms with Crippen molar-refractivity contribution in [2.75, 3.05) is 7.11 Å². The van der Waals surface area contributed by atoms with Gasteiger partial charge in [-0.15, -0.1) is 0 Å². The lowest BCUT2D eigenvalue weighted by atomic mass is 10.1. The molecule has 0 fully saturated rings. The van der Waals surface area contributed by atoms with Crippen LogP contribution in [0.15, 0.2) is 36.4 Å². The zero-order valence-corrected chi connectivity index (χ0v) is 11.5. The standard InChI is InChI=1S/C15H13F2N3O/c1-9-7-14-18-11(8-12(15(16)17)20(14)19-9)10-5-3-4-6-13(10)21-2/h3-8,15H,1-2H3. The molecule has 1 aromatic carbocycles. The van der Waals surface area contributed by atoms with Crippen LogP contribution in [0, 0.1) is 6.92 Å². The van der Waals surface area contributed by atoms with Gasteiger partial charge in [0.25, 0.3) is 6.43 Å². The molecule has 21 heavy (non-hydrogen) atoms. The lowest BCUT2D eigenvalue weighted by Gasteiger charge is -2.10. The summed E-state index contributed by atoms with van der Waals surface area (Å²) in [5.74, 6) is 0.589. The maximum atomic E-state index is 13.3. The molecule has 0 N–H and O–H groups in total. The van der Waals surface area contributed by atoms with Crippen molar-refractivity contribution in [3.8, 4) is 17.0 Å². The Morgan fingerprint density at radius 2 is 1.95 bits per heavy atom. The summed E-state index contributed by atoms with van der Waals surface area (Å²) in [4.78, 5) is 4.41. The molecule has 0 saturated heterocycles. The summed E-state index contributed by atoms with van der Waals surface area (Å²) in [7, 11) is 1.54. The molecule has 108 valence electrons. The van der Waals surface area contributed by atoms with E-state index in [1.165, 1.54) is 17.7 Å². The number of benzene rings is 1. The number of ether oxygens (including phenoxy) is 1. The van der Waals surface area contributed by atoms with Crippen LogP contribution in [0.25, 0.3) is 16.9 Å². The number of halogens is 2. The lowest BCUT2D eigenvalue weighted by molar-refractivity contribution is 0.143. The Kier molecular flexibility index (Phi) is 3.29. The molecule has 3 aromatic rings. The molecule has 0 aliphatic heterocycles. The molecular formula is C15H13F2N3O. The predicted molar refractivity (Wildman–Crippen MR) is 74.7 cm³/mol. The highest BCUT2D eigenvalue weighted by Gasteiger charge is 2.18. The van der Waals surface area contributed by atoms with Crippen LogP contribution < -0.4 is 4.74 Å². The average Bonchev–Trinajstić information content (AvgIpc) is 2.85. The van der Waals surface area contributed by atoms with Gasteiger partial charge in [0.2, 0.25) is 0 Å². The molecule has 4 nitrogen and oxygen atoms in total. The number of para-hydroxylation sites is 1. The summed E-state index contributed by atoms with van der Waals surface area (Å²) in [6, 6.07) is 10.2.